The van der Waals surface area contributed by atoms with Gasteiger partial charge >= 0.3 is 0 Å². The Balaban J connectivity index is 1.41. The highest BCUT2D eigenvalue weighted by molar-refractivity contribution is 7.98. The van der Waals surface area contributed by atoms with E-state index < -0.39 is 0 Å². The van der Waals surface area contributed by atoms with Crippen LogP contribution in [0.2, 0.25) is 0 Å². The van der Waals surface area contributed by atoms with Crippen LogP contribution in [0.25, 0.3) is 27.8 Å². The van der Waals surface area contributed by atoms with Crippen molar-refractivity contribution in [3.05, 3.63) is 84.3 Å². The van der Waals surface area contributed by atoms with Crippen LogP contribution in [0, 0.1) is 0 Å². The summed E-state index contributed by atoms with van der Waals surface area (Å²) in [5.74, 6) is 0.00811. The monoisotopic (exact) mass is 467 g/mol. The summed E-state index contributed by atoms with van der Waals surface area (Å²) in [6.07, 6.45) is 3.98. The largest absolute Gasteiger partial charge is 0.367 e. The van der Waals surface area contributed by atoms with Crippen LogP contribution in [0.3, 0.4) is 0 Å². The minimum absolute atomic E-state index is 0.00811. The number of aromatic amines is 1. The SMILES string of the molecule is CSc1ccc(C2=C(NCn3nnc4ccccc43)CC(=O)N2c2ccc3nc[nH]c3c2)cc1. The number of imidazole rings is 1. The van der Waals surface area contributed by atoms with Crippen molar-refractivity contribution in [2.24, 2.45) is 0 Å². The first-order valence-corrected chi connectivity index (χ1v) is 12.1. The first kappa shape index (κ1) is 20.5. The van der Waals surface area contributed by atoms with Gasteiger partial charge in [-0.1, -0.05) is 29.5 Å². The number of thioether (sulfide) groups is 1. The molecule has 0 saturated heterocycles. The third-order valence-corrected chi connectivity index (χ3v) is 6.72. The Morgan fingerprint density at radius 2 is 1.91 bits per heavy atom. The van der Waals surface area contributed by atoms with E-state index >= 15 is 0 Å². The molecule has 3 heterocycles. The van der Waals surface area contributed by atoms with Gasteiger partial charge in [-0.25, -0.2) is 9.67 Å². The smallest absolute Gasteiger partial charge is 0.237 e. The molecule has 5 aromatic rings. The second kappa shape index (κ2) is 8.35. The molecule has 9 heteroatoms. The molecule has 1 amide bonds. The zero-order valence-electron chi connectivity index (χ0n) is 18.4. The Bertz CT molecular complexity index is 1550. The van der Waals surface area contributed by atoms with Crippen molar-refractivity contribution < 1.29 is 4.79 Å². The number of fused-ring (bicyclic) bond motifs is 2. The van der Waals surface area contributed by atoms with Gasteiger partial charge in [-0.05, 0) is 48.7 Å². The van der Waals surface area contributed by atoms with E-state index in [1.165, 1.54) is 4.90 Å². The van der Waals surface area contributed by atoms with Gasteiger partial charge in [-0.2, -0.15) is 0 Å². The highest BCUT2D eigenvalue weighted by Crippen LogP contribution is 2.37. The van der Waals surface area contributed by atoms with Crippen molar-refractivity contribution in [2.75, 3.05) is 11.2 Å². The van der Waals surface area contributed by atoms with Crippen molar-refractivity contribution in [3.63, 3.8) is 0 Å². The number of aromatic nitrogens is 5. The van der Waals surface area contributed by atoms with Gasteiger partial charge in [0.15, 0.2) is 0 Å². The van der Waals surface area contributed by atoms with Crippen LogP contribution in [0.15, 0.2) is 83.6 Å². The first-order valence-electron chi connectivity index (χ1n) is 10.9. The zero-order chi connectivity index (χ0) is 23.1. The summed E-state index contributed by atoms with van der Waals surface area (Å²) in [5, 5.41) is 12.0. The van der Waals surface area contributed by atoms with E-state index in [9.17, 15) is 4.79 Å². The molecule has 34 heavy (non-hydrogen) atoms. The van der Waals surface area contributed by atoms with Crippen LogP contribution in [-0.2, 0) is 11.5 Å². The predicted molar refractivity (Wildman–Crippen MR) is 134 cm³/mol. The maximum Gasteiger partial charge on any atom is 0.237 e. The van der Waals surface area contributed by atoms with Crippen molar-refractivity contribution in [2.45, 2.75) is 18.0 Å². The number of para-hydroxylation sites is 1. The molecule has 2 N–H and O–H groups in total. The molecular formula is C25H21N7OS. The number of anilines is 1. The topological polar surface area (TPSA) is 91.7 Å². The van der Waals surface area contributed by atoms with Crippen molar-refractivity contribution in [1.82, 2.24) is 30.3 Å². The second-order valence-corrected chi connectivity index (χ2v) is 8.86. The lowest BCUT2D eigenvalue weighted by Crippen LogP contribution is -2.24. The molecule has 0 fully saturated rings. The third kappa shape index (κ3) is 3.50. The number of rotatable bonds is 6. The second-order valence-electron chi connectivity index (χ2n) is 7.98. The molecule has 8 nitrogen and oxygen atoms in total. The normalized spacial score (nSPS) is 14.0. The lowest BCUT2D eigenvalue weighted by molar-refractivity contribution is -0.116. The molecule has 0 unspecified atom stereocenters. The Kier molecular flexibility index (Phi) is 5.03. The lowest BCUT2D eigenvalue weighted by Gasteiger charge is -2.22. The molecule has 0 spiro atoms. The van der Waals surface area contributed by atoms with Gasteiger partial charge in [0.25, 0.3) is 0 Å². The molecule has 2 aromatic heterocycles. The Labute approximate surface area is 199 Å². The molecule has 0 atom stereocenters. The summed E-state index contributed by atoms with van der Waals surface area (Å²) in [5.41, 5.74) is 7.00. The maximum absolute atomic E-state index is 13.3. The van der Waals surface area contributed by atoms with Crippen molar-refractivity contribution >= 4 is 51.1 Å². The molecule has 0 aliphatic carbocycles. The van der Waals surface area contributed by atoms with Crippen LogP contribution in [0.1, 0.15) is 12.0 Å². The molecule has 0 radical (unpaired) electrons. The zero-order valence-corrected chi connectivity index (χ0v) is 19.2. The van der Waals surface area contributed by atoms with E-state index in [0.29, 0.717) is 6.67 Å². The van der Waals surface area contributed by atoms with Crippen molar-refractivity contribution in [3.8, 4) is 0 Å². The van der Waals surface area contributed by atoms with Gasteiger partial charge in [0.05, 0.1) is 40.7 Å². The van der Waals surface area contributed by atoms with Crippen LogP contribution in [0.5, 0.6) is 0 Å². The number of carbonyl (C=O) groups excluding carboxylic acids is 1. The quantitative estimate of drug-likeness (QED) is 0.360. The number of carbonyl (C=O) groups is 1. The van der Waals surface area contributed by atoms with E-state index in [4.69, 9.17) is 0 Å². The molecule has 1 aliphatic heterocycles. The van der Waals surface area contributed by atoms with E-state index in [2.05, 4.69) is 56.1 Å². The molecule has 3 aromatic carbocycles. The fraction of sp³-hybridized carbons (Fsp3) is 0.120. The fourth-order valence-electron chi connectivity index (χ4n) is 4.31. The van der Waals surface area contributed by atoms with Gasteiger partial charge in [-0.3, -0.25) is 9.69 Å². The highest BCUT2D eigenvalue weighted by Gasteiger charge is 2.32. The first-order chi connectivity index (χ1) is 16.7. The number of hydrogen-bond donors (Lipinski definition) is 2. The van der Waals surface area contributed by atoms with E-state index in [1.54, 1.807) is 27.7 Å². The molecular weight excluding hydrogens is 446 g/mol. The van der Waals surface area contributed by atoms with Crippen LogP contribution in [0.4, 0.5) is 5.69 Å². The van der Waals surface area contributed by atoms with Crippen LogP contribution in [-0.4, -0.2) is 37.1 Å². The number of benzene rings is 3. The number of amides is 1. The maximum atomic E-state index is 13.3. The lowest BCUT2D eigenvalue weighted by atomic mass is 10.1. The van der Waals surface area contributed by atoms with E-state index in [1.807, 2.05) is 42.5 Å². The molecule has 168 valence electrons. The minimum atomic E-state index is 0.00811. The Morgan fingerprint density at radius 1 is 1.06 bits per heavy atom. The molecule has 6 rings (SSSR count). The summed E-state index contributed by atoms with van der Waals surface area (Å²) >= 11 is 1.69. The number of H-pyrrole nitrogens is 1. The third-order valence-electron chi connectivity index (χ3n) is 5.97. The predicted octanol–water partition coefficient (Wildman–Crippen LogP) is 4.38. The Hall–Kier alpha value is -4.11. The summed E-state index contributed by atoms with van der Waals surface area (Å²) < 4.78 is 1.81. The fourth-order valence-corrected chi connectivity index (χ4v) is 4.72. The highest BCUT2D eigenvalue weighted by atomic mass is 32.2. The average molecular weight is 468 g/mol. The summed E-state index contributed by atoms with van der Waals surface area (Å²) in [6, 6.07) is 21.9. The van der Waals surface area contributed by atoms with E-state index in [0.717, 1.165) is 44.7 Å². The average Bonchev–Trinajstić information content (AvgIpc) is 3.59. The van der Waals surface area contributed by atoms with Gasteiger partial charge in [0.2, 0.25) is 5.91 Å². The number of hydrogen-bond acceptors (Lipinski definition) is 6. The standard InChI is InChI=1S/C25H21N7OS/c1-34-18-9-6-16(7-10-18)25-22(28-15-31-23-5-3-2-4-20(23)29-30-31)13-24(33)32(25)17-8-11-19-21(12-17)27-14-26-19/h2-12,14,28H,13,15H2,1H3,(H,26,27). The summed E-state index contributed by atoms with van der Waals surface area (Å²) in [4.78, 5) is 23.7. The van der Waals surface area contributed by atoms with Crippen LogP contribution < -0.4 is 10.2 Å². The van der Waals surface area contributed by atoms with Crippen molar-refractivity contribution in [1.29, 1.82) is 0 Å². The van der Waals surface area contributed by atoms with Gasteiger partial charge in [-0.15, -0.1) is 16.9 Å². The Morgan fingerprint density at radius 3 is 2.76 bits per heavy atom. The molecule has 0 bridgehead atoms. The van der Waals surface area contributed by atoms with Gasteiger partial charge in [0.1, 0.15) is 12.2 Å². The van der Waals surface area contributed by atoms with Crippen LogP contribution >= 0.6 is 11.8 Å². The van der Waals surface area contributed by atoms with Gasteiger partial charge < -0.3 is 10.3 Å². The van der Waals surface area contributed by atoms with Gasteiger partial charge in [0, 0.05) is 16.2 Å². The molecule has 0 saturated carbocycles. The molecule has 1 aliphatic rings. The van der Waals surface area contributed by atoms with E-state index in [-0.39, 0.29) is 12.3 Å². The number of nitrogens with zero attached hydrogens (tertiary/aromatic N) is 5. The summed E-state index contributed by atoms with van der Waals surface area (Å²) in [7, 11) is 0. The number of nitrogens with one attached hydrogen (secondary N) is 2. The minimum Gasteiger partial charge on any atom is -0.367 e. The summed E-state index contributed by atoms with van der Waals surface area (Å²) in [6.45, 7) is 0.406.